The molecule has 0 spiro atoms. The van der Waals surface area contributed by atoms with Gasteiger partial charge in [-0.25, -0.2) is 0 Å². The van der Waals surface area contributed by atoms with Crippen LogP contribution < -0.4 is 18.9 Å². The summed E-state index contributed by atoms with van der Waals surface area (Å²) in [7, 11) is 5.95. The van der Waals surface area contributed by atoms with Crippen molar-refractivity contribution in [2.75, 3.05) is 48.2 Å². The lowest BCUT2D eigenvalue weighted by atomic mass is 9.94. The van der Waals surface area contributed by atoms with E-state index in [2.05, 4.69) is 0 Å². The Bertz CT molecular complexity index is 1090. The van der Waals surface area contributed by atoms with Crippen molar-refractivity contribution in [1.82, 2.24) is 4.90 Å². The molecule has 0 radical (unpaired) electrons. The molecule has 1 N–H and O–H groups in total. The van der Waals surface area contributed by atoms with Gasteiger partial charge < -0.3 is 33.7 Å². The van der Waals surface area contributed by atoms with E-state index in [1.807, 2.05) is 6.92 Å². The number of ketones is 1. The van der Waals surface area contributed by atoms with Gasteiger partial charge in [-0.1, -0.05) is 19.1 Å². The predicted octanol–water partition coefficient (Wildman–Crippen LogP) is 3.57. The molecule has 1 saturated heterocycles. The van der Waals surface area contributed by atoms with E-state index in [0.29, 0.717) is 40.7 Å². The zero-order valence-corrected chi connectivity index (χ0v) is 20.6. The van der Waals surface area contributed by atoms with Crippen molar-refractivity contribution in [3.63, 3.8) is 0 Å². The number of rotatable bonds is 11. The highest BCUT2D eigenvalue weighted by Crippen LogP contribution is 2.45. The van der Waals surface area contributed by atoms with Crippen molar-refractivity contribution < 1.29 is 38.4 Å². The van der Waals surface area contributed by atoms with Crippen LogP contribution >= 0.6 is 0 Å². The Morgan fingerprint density at radius 2 is 1.66 bits per heavy atom. The first-order valence-corrected chi connectivity index (χ1v) is 11.2. The number of carbonyl (C=O) groups is 2. The number of amides is 1. The lowest BCUT2D eigenvalue weighted by Gasteiger charge is -2.26. The average molecular weight is 486 g/mol. The molecule has 0 bridgehead atoms. The van der Waals surface area contributed by atoms with Gasteiger partial charge in [-0.3, -0.25) is 9.59 Å². The van der Waals surface area contributed by atoms with Gasteiger partial charge in [0.25, 0.3) is 11.7 Å². The minimum Gasteiger partial charge on any atom is -0.507 e. The molecular formula is C26H31NO8. The van der Waals surface area contributed by atoms with E-state index < -0.39 is 17.7 Å². The first kappa shape index (κ1) is 25.9. The number of carbonyl (C=O) groups excluding carboxylic acids is 2. The first-order valence-electron chi connectivity index (χ1n) is 11.2. The minimum atomic E-state index is -0.904. The number of Topliss-reactive ketones (excluding diaryl/α,β-unsaturated/α-hetero) is 1. The molecule has 2 aromatic carbocycles. The fraction of sp³-hybridized carbons (Fsp3) is 0.385. The molecule has 1 heterocycles. The van der Waals surface area contributed by atoms with E-state index in [9.17, 15) is 14.7 Å². The first-order chi connectivity index (χ1) is 16.9. The molecule has 1 fully saturated rings. The number of ether oxygens (including phenoxy) is 5. The number of aliphatic hydroxyl groups is 1. The number of aliphatic hydroxyl groups excluding tert-OH is 1. The fourth-order valence-corrected chi connectivity index (χ4v) is 4.01. The molecule has 1 amide bonds. The van der Waals surface area contributed by atoms with Crippen molar-refractivity contribution in [3.8, 4) is 23.0 Å². The van der Waals surface area contributed by atoms with Crippen LogP contribution in [0.25, 0.3) is 5.76 Å². The van der Waals surface area contributed by atoms with Crippen LogP contribution in [0.2, 0.25) is 0 Å². The van der Waals surface area contributed by atoms with Crippen LogP contribution in [-0.2, 0) is 14.3 Å². The van der Waals surface area contributed by atoms with Gasteiger partial charge in [0.05, 0.1) is 46.2 Å². The van der Waals surface area contributed by atoms with Gasteiger partial charge in [0.2, 0.25) is 5.75 Å². The van der Waals surface area contributed by atoms with Crippen LogP contribution in [0.15, 0.2) is 42.0 Å². The third kappa shape index (κ3) is 5.19. The molecule has 1 unspecified atom stereocenters. The maximum atomic E-state index is 13.2. The summed E-state index contributed by atoms with van der Waals surface area (Å²) in [5.74, 6) is -0.201. The summed E-state index contributed by atoms with van der Waals surface area (Å²) < 4.78 is 27.2. The van der Waals surface area contributed by atoms with Crippen molar-refractivity contribution in [2.45, 2.75) is 19.4 Å². The SMILES string of the molecule is CCCOc1cccc(/C(O)=C2\C(=O)C(=O)N(CCOC)C2c2cc(OC)c(OC)c(OC)c2)c1. The average Bonchev–Trinajstić information content (AvgIpc) is 3.14. The van der Waals surface area contributed by atoms with Crippen LogP contribution in [0.5, 0.6) is 23.0 Å². The van der Waals surface area contributed by atoms with Crippen LogP contribution in [0.3, 0.4) is 0 Å². The van der Waals surface area contributed by atoms with Crippen molar-refractivity contribution in [2.24, 2.45) is 0 Å². The molecule has 2 aromatic rings. The smallest absolute Gasteiger partial charge is 0.295 e. The summed E-state index contributed by atoms with van der Waals surface area (Å²) >= 11 is 0. The van der Waals surface area contributed by atoms with E-state index in [0.717, 1.165) is 6.42 Å². The molecule has 3 rings (SSSR count). The van der Waals surface area contributed by atoms with E-state index in [-0.39, 0.29) is 24.5 Å². The summed E-state index contributed by atoms with van der Waals surface area (Å²) in [6.45, 7) is 2.84. The molecule has 9 nitrogen and oxygen atoms in total. The highest BCUT2D eigenvalue weighted by Gasteiger charge is 2.46. The number of methoxy groups -OCH3 is 4. The number of benzene rings is 2. The number of hydrogen-bond donors (Lipinski definition) is 1. The summed E-state index contributed by atoms with van der Waals surface area (Å²) in [6.07, 6.45) is 0.821. The highest BCUT2D eigenvalue weighted by atomic mass is 16.5. The zero-order valence-electron chi connectivity index (χ0n) is 20.6. The largest absolute Gasteiger partial charge is 0.507 e. The number of likely N-dealkylation sites (tertiary alicyclic amines) is 1. The van der Waals surface area contributed by atoms with Crippen molar-refractivity contribution in [3.05, 3.63) is 53.1 Å². The Balaban J connectivity index is 2.21. The molecule has 35 heavy (non-hydrogen) atoms. The number of hydrogen-bond acceptors (Lipinski definition) is 8. The number of nitrogens with zero attached hydrogens (tertiary/aromatic N) is 1. The van der Waals surface area contributed by atoms with Gasteiger partial charge in [0.15, 0.2) is 11.5 Å². The van der Waals surface area contributed by atoms with E-state index in [4.69, 9.17) is 23.7 Å². The van der Waals surface area contributed by atoms with Crippen LogP contribution in [-0.4, -0.2) is 69.9 Å². The lowest BCUT2D eigenvalue weighted by Crippen LogP contribution is -2.32. The Hall–Kier alpha value is -3.72. The third-order valence-corrected chi connectivity index (χ3v) is 5.66. The molecule has 1 aliphatic heterocycles. The molecule has 1 aliphatic rings. The monoisotopic (exact) mass is 485 g/mol. The lowest BCUT2D eigenvalue weighted by molar-refractivity contribution is -0.140. The highest BCUT2D eigenvalue weighted by molar-refractivity contribution is 6.46. The standard InChI is InChI=1S/C26H31NO8/c1-6-11-35-18-9-7-8-16(13-18)23(28)21-22(27(10-12-31-2)26(30)24(21)29)17-14-19(32-3)25(34-5)20(15-17)33-4/h7-9,13-15,22,28H,6,10-12H2,1-5H3/b23-21+. The molecule has 0 aliphatic carbocycles. The normalized spacial score (nSPS) is 16.9. The Labute approximate surface area is 204 Å². The molecule has 188 valence electrons. The van der Waals surface area contributed by atoms with Gasteiger partial charge in [-0.2, -0.15) is 0 Å². The molecule has 9 heteroatoms. The van der Waals surface area contributed by atoms with Gasteiger partial charge in [0, 0.05) is 19.2 Å². The Morgan fingerprint density at radius 3 is 2.23 bits per heavy atom. The Morgan fingerprint density at radius 1 is 0.971 bits per heavy atom. The second-order valence-electron chi connectivity index (χ2n) is 7.82. The minimum absolute atomic E-state index is 0.0481. The van der Waals surface area contributed by atoms with Gasteiger partial charge in [0.1, 0.15) is 11.5 Å². The van der Waals surface area contributed by atoms with Crippen LogP contribution in [0.4, 0.5) is 0 Å². The molecular weight excluding hydrogens is 454 g/mol. The maximum Gasteiger partial charge on any atom is 0.295 e. The summed E-state index contributed by atoms with van der Waals surface area (Å²) in [5.41, 5.74) is 0.823. The zero-order chi connectivity index (χ0) is 25.5. The summed E-state index contributed by atoms with van der Waals surface area (Å²) in [6, 6.07) is 9.19. The second-order valence-corrected chi connectivity index (χ2v) is 7.82. The molecule has 0 aromatic heterocycles. The van der Waals surface area contributed by atoms with Crippen LogP contribution in [0.1, 0.15) is 30.5 Å². The topological polar surface area (TPSA) is 104 Å². The second kappa shape index (κ2) is 11.6. The van der Waals surface area contributed by atoms with Crippen LogP contribution in [0, 0.1) is 0 Å². The third-order valence-electron chi connectivity index (χ3n) is 5.66. The van der Waals surface area contributed by atoms with Gasteiger partial charge in [-0.15, -0.1) is 0 Å². The van der Waals surface area contributed by atoms with Crippen molar-refractivity contribution >= 4 is 17.4 Å². The van der Waals surface area contributed by atoms with Crippen molar-refractivity contribution in [1.29, 1.82) is 0 Å². The fourth-order valence-electron chi connectivity index (χ4n) is 4.01. The molecule has 0 saturated carbocycles. The molecule has 1 atom stereocenters. The Kier molecular flexibility index (Phi) is 8.59. The quantitative estimate of drug-likeness (QED) is 0.293. The van der Waals surface area contributed by atoms with E-state index in [1.54, 1.807) is 36.4 Å². The van der Waals surface area contributed by atoms with Gasteiger partial charge >= 0.3 is 0 Å². The van der Waals surface area contributed by atoms with Gasteiger partial charge in [-0.05, 0) is 36.2 Å². The maximum absolute atomic E-state index is 13.2. The summed E-state index contributed by atoms with van der Waals surface area (Å²) in [5, 5.41) is 11.3. The summed E-state index contributed by atoms with van der Waals surface area (Å²) in [4.78, 5) is 27.6. The van der Waals surface area contributed by atoms with E-state index in [1.165, 1.54) is 33.3 Å². The van der Waals surface area contributed by atoms with E-state index >= 15 is 0 Å². The predicted molar refractivity (Wildman–Crippen MR) is 129 cm³/mol.